The van der Waals surface area contributed by atoms with Crippen LogP contribution in [0.3, 0.4) is 0 Å². The highest BCUT2D eigenvalue weighted by Crippen LogP contribution is 2.27. The molecule has 0 spiro atoms. The minimum absolute atomic E-state index is 0.306. The van der Waals surface area contributed by atoms with Gasteiger partial charge < -0.3 is 14.9 Å². The third-order valence-corrected chi connectivity index (χ3v) is 1.70. The van der Waals surface area contributed by atoms with Crippen LogP contribution in [0.1, 0.15) is 6.42 Å². The Kier molecular flexibility index (Phi) is 2.31. The first-order valence-corrected chi connectivity index (χ1v) is 3.24. The lowest BCUT2D eigenvalue weighted by atomic mass is 10.1. The number of aliphatic hydroxyl groups excluding tert-OH is 2. The van der Waals surface area contributed by atoms with Gasteiger partial charge in [0.05, 0.1) is 19.3 Å². The lowest BCUT2D eigenvalue weighted by molar-refractivity contribution is -0.0851. The fourth-order valence-electron chi connectivity index (χ4n) is 1.02. The van der Waals surface area contributed by atoms with Crippen molar-refractivity contribution in [3.63, 3.8) is 0 Å². The van der Waals surface area contributed by atoms with Gasteiger partial charge in [-0.1, -0.05) is 5.11 Å². The Bertz CT molecular complexity index is 191. The maximum absolute atomic E-state index is 9.22. The second-order valence-corrected chi connectivity index (χ2v) is 2.35. The zero-order valence-corrected chi connectivity index (χ0v) is 5.84. The van der Waals surface area contributed by atoms with Crippen LogP contribution in [-0.2, 0) is 4.74 Å². The topological polar surface area (TPSA) is 98.5 Å². The van der Waals surface area contributed by atoms with Gasteiger partial charge in [-0.2, -0.15) is 0 Å². The van der Waals surface area contributed by atoms with Crippen molar-refractivity contribution in [1.29, 1.82) is 0 Å². The van der Waals surface area contributed by atoms with E-state index in [2.05, 4.69) is 10.0 Å². The Labute approximate surface area is 63.0 Å². The van der Waals surface area contributed by atoms with Gasteiger partial charge in [-0.15, -0.1) is 0 Å². The molecule has 1 aliphatic heterocycles. The Hall–Kier alpha value is -0.810. The Morgan fingerprint density at radius 2 is 2.55 bits per heavy atom. The summed E-state index contributed by atoms with van der Waals surface area (Å²) in [7, 11) is 0. The van der Waals surface area contributed by atoms with Gasteiger partial charge in [0.15, 0.2) is 5.72 Å². The first-order valence-electron chi connectivity index (χ1n) is 3.24. The number of nitrogens with zero attached hydrogens (tertiary/aromatic N) is 3. The molecule has 1 saturated heterocycles. The molecule has 0 aromatic carbocycles. The molecule has 0 aromatic heterocycles. The number of hydrogen-bond donors (Lipinski definition) is 2. The van der Waals surface area contributed by atoms with Gasteiger partial charge in [0.1, 0.15) is 0 Å². The number of aliphatic hydroxyl groups is 2. The quantitative estimate of drug-likeness (QED) is 0.330. The Morgan fingerprint density at radius 3 is 2.91 bits per heavy atom. The molecular weight excluding hydrogens is 150 g/mol. The molecule has 0 radical (unpaired) electrons. The first kappa shape index (κ1) is 8.29. The third-order valence-electron chi connectivity index (χ3n) is 1.70. The van der Waals surface area contributed by atoms with Crippen molar-refractivity contribution < 1.29 is 14.9 Å². The van der Waals surface area contributed by atoms with E-state index in [1.165, 1.54) is 0 Å². The highest BCUT2D eigenvalue weighted by Gasteiger charge is 2.42. The maximum atomic E-state index is 9.22. The highest BCUT2D eigenvalue weighted by atomic mass is 16.5. The largest absolute Gasteiger partial charge is 0.393 e. The van der Waals surface area contributed by atoms with Crippen molar-refractivity contribution >= 4 is 0 Å². The molecule has 0 aromatic rings. The van der Waals surface area contributed by atoms with E-state index in [4.69, 9.17) is 15.4 Å². The molecule has 6 heteroatoms. The van der Waals surface area contributed by atoms with E-state index in [0.717, 1.165) is 0 Å². The molecule has 1 heterocycles. The average molecular weight is 159 g/mol. The second-order valence-electron chi connectivity index (χ2n) is 2.35. The van der Waals surface area contributed by atoms with Crippen LogP contribution in [0.4, 0.5) is 0 Å². The maximum Gasteiger partial charge on any atom is 0.195 e. The summed E-state index contributed by atoms with van der Waals surface area (Å²) >= 11 is 0. The summed E-state index contributed by atoms with van der Waals surface area (Å²) in [5.41, 5.74) is 6.66. The molecule has 62 valence electrons. The molecular formula is C5H9N3O3. The number of azide groups is 1. The molecule has 1 fully saturated rings. The van der Waals surface area contributed by atoms with Crippen molar-refractivity contribution in [3.8, 4) is 0 Å². The summed E-state index contributed by atoms with van der Waals surface area (Å²) in [4.78, 5) is 2.49. The van der Waals surface area contributed by atoms with Crippen LogP contribution in [0.5, 0.6) is 0 Å². The second kappa shape index (κ2) is 3.06. The summed E-state index contributed by atoms with van der Waals surface area (Å²) in [6, 6.07) is 0. The van der Waals surface area contributed by atoms with Gasteiger partial charge in [0.2, 0.25) is 0 Å². The van der Waals surface area contributed by atoms with Crippen LogP contribution in [0, 0.1) is 0 Å². The van der Waals surface area contributed by atoms with E-state index in [-0.39, 0.29) is 0 Å². The first-order chi connectivity index (χ1) is 5.25. The van der Waals surface area contributed by atoms with Gasteiger partial charge in [-0.3, -0.25) is 0 Å². The standard InChI is InChI=1S/C5H9N3O3/c6-8-7-5(3-9)4(10)1-2-11-5/h4,9-10H,1-3H2/t4-,5+/m0/s1. The van der Waals surface area contributed by atoms with Gasteiger partial charge in [-0.25, -0.2) is 0 Å². The highest BCUT2D eigenvalue weighted by molar-refractivity contribution is 4.90. The van der Waals surface area contributed by atoms with Gasteiger partial charge in [0.25, 0.3) is 0 Å². The molecule has 11 heavy (non-hydrogen) atoms. The number of ether oxygens (including phenoxy) is 1. The SMILES string of the molecule is [N-]=[N+]=N[C@]1(CO)OCC[C@@H]1O. The Balaban J connectivity index is 2.81. The summed E-state index contributed by atoms with van der Waals surface area (Å²) in [5.74, 6) is 0. The summed E-state index contributed by atoms with van der Waals surface area (Å²) in [6.07, 6.45) is -0.511. The van der Waals surface area contributed by atoms with Crippen molar-refractivity contribution in [2.75, 3.05) is 13.2 Å². The molecule has 0 bridgehead atoms. The third kappa shape index (κ3) is 1.29. The van der Waals surface area contributed by atoms with Gasteiger partial charge in [0, 0.05) is 4.91 Å². The van der Waals surface area contributed by atoms with Gasteiger partial charge in [-0.05, 0) is 12.0 Å². The molecule has 1 rings (SSSR count). The smallest absolute Gasteiger partial charge is 0.195 e. The molecule has 1 aliphatic rings. The zero-order valence-electron chi connectivity index (χ0n) is 5.84. The zero-order chi connectivity index (χ0) is 8.32. The molecule has 0 aliphatic carbocycles. The molecule has 2 N–H and O–H groups in total. The molecule has 2 atom stereocenters. The average Bonchev–Trinajstić information content (AvgIpc) is 2.35. The van der Waals surface area contributed by atoms with E-state index in [0.29, 0.717) is 13.0 Å². The van der Waals surface area contributed by atoms with Crippen LogP contribution in [0.25, 0.3) is 10.4 Å². The van der Waals surface area contributed by atoms with Crippen molar-refractivity contribution in [1.82, 2.24) is 0 Å². The van der Waals surface area contributed by atoms with E-state index in [9.17, 15) is 5.11 Å². The van der Waals surface area contributed by atoms with Crippen LogP contribution < -0.4 is 0 Å². The fourth-order valence-corrected chi connectivity index (χ4v) is 1.02. The predicted octanol–water partition coefficient (Wildman–Crippen LogP) is -0.233. The minimum Gasteiger partial charge on any atom is -0.393 e. The lowest BCUT2D eigenvalue weighted by Crippen LogP contribution is -2.40. The summed E-state index contributed by atoms with van der Waals surface area (Å²) in [5, 5.41) is 21.2. The van der Waals surface area contributed by atoms with E-state index >= 15 is 0 Å². The van der Waals surface area contributed by atoms with Crippen LogP contribution in [0.2, 0.25) is 0 Å². The summed E-state index contributed by atoms with van der Waals surface area (Å²) in [6.45, 7) is -0.182. The van der Waals surface area contributed by atoms with Gasteiger partial charge >= 0.3 is 0 Å². The van der Waals surface area contributed by atoms with E-state index < -0.39 is 18.4 Å². The minimum atomic E-state index is -1.44. The molecule has 6 nitrogen and oxygen atoms in total. The normalized spacial score (nSPS) is 36.7. The molecule has 0 amide bonds. The number of hydrogen-bond acceptors (Lipinski definition) is 4. The Morgan fingerprint density at radius 1 is 1.82 bits per heavy atom. The lowest BCUT2D eigenvalue weighted by Gasteiger charge is -2.22. The van der Waals surface area contributed by atoms with Crippen molar-refractivity contribution in [2.24, 2.45) is 5.11 Å². The van der Waals surface area contributed by atoms with Crippen molar-refractivity contribution in [3.05, 3.63) is 10.4 Å². The van der Waals surface area contributed by atoms with E-state index in [1.807, 2.05) is 0 Å². The van der Waals surface area contributed by atoms with Crippen LogP contribution >= 0.6 is 0 Å². The van der Waals surface area contributed by atoms with E-state index in [1.54, 1.807) is 0 Å². The predicted molar refractivity (Wildman–Crippen MR) is 35.5 cm³/mol. The summed E-state index contributed by atoms with van der Waals surface area (Å²) < 4.78 is 4.92. The number of rotatable bonds is 2. The van der Waals surface area contributed by atoms with Crippen LogP contribution in [-0.4, -0.2) is 35.3 Å². The molecule has 0 unspecified atom stereocenters. The van der Waals surface area contributed by atoms with Crippen molar-refractivity contribution in [2.45, 2.75) is 18.2 Å². The fraction of sp³-hybridized carbons (Fsp3) is 1.00. The monoisotopic (exact) mass is 159 g/mol. The molecule has 0 saturated carbocycles. The van der Waals surface area contributed by atoms with Crippen LogP contribution in [0.15, 0.2) is 5.11 Å².